The number of hydrogen-bond acceptors (Lipinski definition) is 4. The zero-order chi connectivity index (χ0) is 11.4. The normalized spacial score (nSPS) is 11.4. The highest BCUT2D eigenvalue weighted by atomic mass is 15.4. The molecule has 6 heteroatoms. The van der Waals surface area contributed by atoms with E-state index in [9.17, 15) is 0 Å². The molecule has 0 atom stereocenters. The minimum absolute atomic E-state index is 0.800. The Morgan fingerprint density at radius 1 is 0.938 bits per heavy atom. The highest BCUT2D eigenvalue weighted by Gasteiger charge is 1.96. The molecule has 2 rings (SSSR count). The molecule has 0 aromatic carbocycles. The van der Waals surface area contributed by atoms with Gasteiger partial charge in [0.05, 0.1) is 11.4 Å². The third-order valence-electron chi connectivity index (χ3n) is 2.12. The molecule has 0 fully saturated rings. The van der Waals surface area contributed by atoms with Crippen LogP contribution in [0.4, 0.5) is 0 Å². The lowest BCUT2D eigenvalue weighted by Gasteiger charge is -1.86. The standard InChI is InChI=1S/C10H14N6/c1-15-7-9(11-13-15)5-3-4-6-10-8-16(2)14-12-10/h3-4,7-8H,5-6H2,1-2H3/b4-3-. The van der Waals surface area contributed by atoms with Gasteiger partial charge >= 0.3 is 0 Å². The van der Waals surface area contributed by atoms with Gasteiger partial charge in [0.25, 0.3) is 0 Å². The SMILES string of the molecule is Cn1cc(C/C=C\Cc2cn(C)nn2)nn1. The minimum Gasteiger partial charge on any atom is -0.255 e. The molecule has 16 heavy (non-hydrogen) atoms. The van der Waals surface area contributed by atoms with Crippen LogP contribution in [-0.4, -0.2) is 30.0 Å². The van der Waals surface area contributed by atoms with Gasteiger partial charge in [-0.15, -0.1) is 10.2 Å². The summed E-state index contributed by atoms with van der Waals surface area (Å²) in [6, 6.07) is 0. The Morgan fingerprint density at radius 2 is 1.38 bits per heavy atom. The van der Waals surface area contributed by atoms with E-state index in [2.05, 4.69) is 32.8 Å². The van der Waals surface area contributed by atoms with Crippen LogP contribution in [0.3, 0.4) is 0 Å². The molecule has 2 aromatic rings. The molecular weight excluding hydrogens is 204 g/mol. The molecule has 0 saturated carbocycles. The van der Waals surface area contributed by atoms with Crippen LogP contribution in [0.2, 0.25) is 0 Å². The zero-order valence-electron chi connectivity index (χ0n) is 9.41. The molecule has 0 bridgehead atoms. The predicted molar refractivity (Wildman–Crippen MR) is 58.6 cm³/mol. The molecule has 2 heterocycles. The number of allylic oxidation sites excluding steroid dienone is 2. The Bertz CT molecular complexity index is 437. The molecule has 6 nitrogen and oxygen atoms in total. The first-order chi connectivity index (χ1) is 7.74. The first kappa shape index (κ1) is 10.5. The van der Waals surface area contributed by atoms with Crippen molar-refractivity contribution in [3.8, 4) is 0 Å². The summed E-state index contributed by atoms with van der Waals surface area (Å²) in [5.41, 5.74) is 1.94. The van der Waals surface area contributed by atoms with Gasteiger partial charge in [0.1, 0.15) is 0 Å². The zero-order valence-corrected chi connectivity index (χ0v) is 9.41. The molecule has 2 aromatic heterocycles. The van der Waals surface area contributed by atoms with E-state index in [1.165, 1.54) is 0 Å². The van der Waals surface area contributed by atoms with Crippen molar-refractivity contribution in [2.75, 3.05) is 0 Å². The van der Waals surface area contributed by atoms with E-state index in [4.69, 9.17) is 0 Å². The lowest BCUT2D eigenvalue weighted by Crippen LogP contribution is -1.85. The topological polar surface area (TPSA) is 61.4 Å². The Balaban J connectivity index is 1.82. The van der Waals surface area contributed by atoms with Gasteiger partial charge in [-0.05, 0) is 0 Å². The van der Waals surface area contributed by atoms with Crippen LogP contribution in [0.15, 0.2) is 24.5 Å². The van der Waals surface area contributed by atoms with Gasteiger partial charge in [0.15, 0.2) is 0 Å². The Morgan fingerprint density at radius 3 is 1.69 bits per heavy atom. The smallest absolute Gasteiger partial charge is 0.0864 e. The molecule has 0 aliphatic rings. The van der Waals surface area contributed by atoms with Gasteiger partial charge in [-0.2, -0.15) is 0 Å². The molecule has 0 saturated heterocycles. The van der Waals surface area contributed by atoms with E-state index in [1.54, 1.807) is 9.36 Å². The van der Waals surface area contributed by atoms with Crippen molar-refractivity contribution < 1.29 is 0 Å². The summed E-state index contributed by atoms with van der Waals surface area (Å²) in [7, 11) is 3.72. The molecular formula is C10H14N6. The van der Waals surface area contributed by atoms with E-state index in [1.807, 2.05) is 26.5 Å². The Kier molecular flexibility index (Phi) is 3.09. The second-order valence-electron chi connectivity index (χ2n) is 3.65. The summed E-state index contributed by atoms with van der Waals surface area (Å²) < 4.78 is 3.40. The molecule has 0 radical (unpaired) electrons. The largest absolute Gasteiger partial charge is 0.255 e. The van der Waals surface area contributed by atoms with E-state index in [0.29, 0.717) is 0 Å². The van der Waals surface area contributed by atoms with Crippen LogP contribution < -0.4 is 0 Å². The van der Waals surface area contributed by atoms with Crippen molar-refractivity contribution in [1.82, 2.24) is 30.0 Å². The second-order valence-corrected chi connectivity index (χ2v) is 3.65. The lowest BCUT2D eigenvalue weighted by atomic mass is 10.2. The summed E-state index contributed by atoms with van der Waals surface area (Å²) in [6.45, 7) is 0. The minimum atomic E-state index is 0.800. The highest BCUT2D eigenvalue weighted by Crippen LogP contribution is 1.97. The van der Waals surface area contributed by atoms with Crippen molar-refractivity contribution in [3.05, 3.63) is 35.9 Å². The van der Waals surface area contributed by atoms with Gasteiger partial charge < -0.3 is 0 Å². The quantitative estimate of drug-likeness (QED) is 0.692. The van der Waals surface area contributed by atoms with Crippen LogP contribution in [-0.2, 0) is 26.9 Å². The van der Waals surface area contributed by atoms with Gasteiger partial charge in [0, 0.05) is 39.3 Å². The lowest BCUT2D eigenvalue weighted by molar-refractivity contribution is 0.713. The molecule has 0 aliphatic carbocycles. The third kappa shape index (κ3) is 2.75. The van der Waals surface area contributed by atoms with Crippen molar-refractivity contribution in [3.63, 3.8) is 0 Å². The number of aromatic nitrogens is 6. The summed E-state index contributed by atoms with van der Waals surface area (Å²) in [6.07, 6.45) is 9.55. The van der Waals surface area contributed by atoms with Crippen molar-refractivity contribution in [1.29, 1.82) is 0 Å². The number of nitrogens with zero attached hydrogens (tertiary/aromatic N) is 6. The van der Waals surface area contributed by atoms with Gasteiger partial charge in [-0.3, -0.25) is 9.36 Å². The van der Waals surface area contributed by atoms with Crippen molar-refractivity contribution in [2.45, 2.75) is 12.8 Å². The summed E-state index contributed by atoms with van der Waals surface area (Å²) in [4.78, 5) is 0. The van der Waals surface area contributed by atoms with Crippen LogP contribution >= 0.6 is 0 Å². The van der Waals surface area contributed by atoms with E-state index in [0.717, 1.165) is 24.2 Å². The van der Waals surface area contributed by atoms with Crippen LogP contribution in [0.1, 0.15) is 11.4 Å². The number of rotatable bonds is 4. The molecule has 0 N–H and O–H groups in total. The Hall–Kier alpha value is -1.98. The maximum Gasteiger partial charge on any atom is 0.0864 e. The van der Waals surface area contributed by atoms with E-state index >= 15 is 0 Å². The highest BCUT2D eigenvalue weighted by molar-refractivity contribution is 5.05. The number of aryl methyl sites for hydroxylation is 2. The van der Waals surface area contributed by atoms with Crippen LogP contribution in [0.25, 0.3) is 0 Å². The Labute approximate surface area is 93.6 Å². The summed E-state index contributed by atoms with van der Waals surface area (Å²) >= 11 is 0. The van der Waals surface area contributed by atoms with E-state index in [-0.39, 0.29) is 0 Å². The maximum absolute atomic E-state index is 3.99. The van der Waals surface area contributed by atoms with E-state index < -0.39 is 0 Å². The molecule has 84 valence electrons. The molecule has 0 amide bonds. The molecule has 0 aliphatic heterocycles. The average Bonchev–Trinajstić information content (AvgIpc) is 2.83. The average molecular weight is 218 g/mol. The first-order valence-corrected chi connectivity index (χ1v) is 5.09. The van der Waals surface area contributed by atoms with Crippen molar-refractivity contribution >= 4 is 0 Å². The van der Waals surface area contributed by atoms with Crippen LogP contribution in [0, 0.1) is 0 Å². The monoisotopic (exact) mass is 218 g/mol. The predicted octanol–water partition coefficient (Wildman–Crippen LogP) is 0.285. The maximum atomic E-state index is 3.99. The van der Waals surface area contributed by atoms with Gasteiger partial charge in [-0.25, -0.2) is 0 Å². The fourth-order valence-corrected chi connectivity index (χ4v) is 1.39. The van der Waals surface area contributed by atoms with Crippen LogP contribution in [0.5, 0.6) is 0 Å². The summed E-state index contributed by atoms with van der Waals surface area (Å²) in [5.74, 6) is 0. The van der Waals surface area contributed by atoms with Gasteiger partial charge in [0.2, 0.25) is 0 Å². The summed E-state index contributed by atoms with van der Waals surface area (Å²) in [5, 5.41) is 15.7. The first-order valence-electron chi connectivity index (χ1n) is 5.09. The van der Waals surface area contributed by atoms with Gasteiger partial charge in [-0.1, -0.05) is 22.6 Å². The third-order valence-corrected chi connectivity index (χ3v) is 2.12. The number of hydrogen-bond donors (Lipinski definition) is 0. The molecule has 0 unspecified atom stereocenters. The second kappa shape index (κ2) is 4.69. The fourth-order valence-electron chi connectivity index (χ4n) is 1.39. The van der Waals surface area contributed by atoms with Crippen molar-refractivity contribution in [2.24, 2.45) is 14.1 Å². The molecule has 0 spiro atoms. The fraction of sp³-hybridized carbons (Fsp3) is 0.400.